The van der Waals surface area contributed by atoms with Crippen molar-refractivity contribution in [3.05, 3.63) is 25.3 Å². The predicted octanol–water partition coefficient (Wildman–Crippen LogP) is 3.49. The summed E-state index contributed by atoms with van der Waals surface area (Å²) in [7, 11) is 0. The highest BCUT2D eigenvalue weighted by molar-refractivity contribution is 5.79. The van der Waals surface area contributed by atoms with E-state index < -0.39 is 5.41 Å². The fourth-order valence-corrected chi connectivity index (χ4v) is 1.79. The summed E-state index contributed by atoms with van der Waals surface area (Å²) in [5.74, 6) is -0.166. The van der Waals surface area contributed by atoms with Gasteiger partial charge in [0.15, 0.2) is 0 Å². The van der Waals surface area contributed by atoms with Crippen LogP contribution in [-0.2, 0) is 9.53 Å². The predicted molar refractivity (Wildman–Crippen MR) is 63.6 cm³/mol. The van der Waals surface area contributed by atoms with Crippen LogP contribution in [0.1, 0.15) is 39.5 Å². The first-order valence-corrected chi connectivity index (χ1v) is 5.58. The van der Waals surface area contributed by atoms with Crippen LogP contribution < -0.4 is 0 Å². The van der Waals surface area contributed by atoms with Gasteiger partial charge >= 0.3 is 5.97 Å². The zero-order chi connectivity index (χ0) is 11.7. The van der Waals surface area contributed by atoms with Gasteiger partial charge in [-0.3, -0.25) is 4.79 Å². The van der Waals surface area contributed by atoms with Crippen LogP contribution in [0.5, 0.6) is 0 Å². The van der Waals surface area contributed by atoms with Crippen molar-refractivity contribution in [2.24, 2.45) is 5.41 Å². The second-order valence-corrected chi connectivity index (χ2v) is 3.75. The Labute approximate surface area is 93.0 Å². The summed E-state index contributed by atoms with van der Waals surface area (Å²) >= 11 is 0. The average molecular weight is 210 g/mol. The summed E-state index contributed by atoms with van der Waals surface area (Å²) in [6, 6.07) is 0. The number of rotatable bonds is 8. The summed E-state index contributed by atoms with van der Waals surface area (Å²) in [4.78, 5) is 11.9. The van der Waals surface area contributed by atoms with Crippen molar-refractivity contribution in [3.8, 4) is 0 Å². The molecule has 2 heteroatoms. The molecular weight excluding hydrogens is 188 g/mol. The van der Waals surface area contributed by atoms with E-state index in [1.165, 1.54) is 0 Å². The van der Waals surface area contributed by atoms with Crippen LogP contribution in [0.4, 0.5) is 0 Å². The molecule has 0 aromatic heterocycles. The minimum absolute atomic E-state index is 0.166. The van der Waals surface area contributed by atoms with Crippen LogP contribution in [-0.4, -0.2) is 12.6 Å². The van der Waals surface area contributed by atoms with Gasteiger partial charge in [0, 0.05) is 0 Å². The second-order valence-electron chi connectivity index (χ2n) is 3.75. The molecule has 86 valence electrons. The summed E-state index contributed by atoms with van der Waals surface area (Å²) < 4.78 is 5.12. The Bertz CT molecular complexity index is 213. The summed E-state index contributed by atoms with van der Waals surface area (Å²) in [5, 5.41) is 0. The molecule has 0 aromatic carbocycles. The molecule has 0 bridgehead atoms. The number of carbonyl (C=O) groups excluding carboxylic acids is 1. The van der Waals surface area contributed by atoms with Gasteiger partial charge in [0.2, 0.25) is 0 Å². The molecule has 15 heavy (non-hydrogen) atoms. The fraction of sp³-hybridized carbons (Fsp3) is 0.615. The molecule has 0 aliphatic heterocycles. The van der Waals surface area contributed by atoms with Gasteiger partial charge < -0.3 is 4.74 Å². The number of hydrogen-bond acceptors (Lipinski definition) is 2. The van der Waals surface area contributed by atoms with Gasteiger partial charge in [-0.2, -0.15) is 0 Å². The summed E-state index contributed by atoms with van der Waals surface area (Å²) in [6.45, 7) is 11.7. The molecule has 0 saturated carbocycles. The van der Waals surface area contributed by atoms with E-state index in [9.17, 15) is 4.79 Å². The van der Waals surface area contributed by atoms with Crippen LogP contribution in [0, 0.1) is 5.41 Å². The highest BCUT2D eigenvalue weighted by Crippen LogP contribution is 2.32. The zero-order valence-electron chi connectivity index (χ0n) is 9.92. The molecule has 0 aromatic rings. The molecule has 0 spiro atoms. The van der Waals surface area contributed by atoms with Crippen LogP contribution in [0.15, 0.2) is 25.3 Å². The zero-order valence-corrected chi connectivity index (χ0v) is 9.92. The first-order valence-electron chi connectivity index (χ1n) is 5.58. The van der Waals surface area contributed by atoms with Crippen molar-refractivity contribution in [2.45, 2.75) is 39.5 Å². The molecule has 0 heterocycles. The number of ether oxygens (including phenoxy) is 1. The molecule has 0 radical (unpaired) electrons. The minimum atomic E-state index is -0.494. The molecular formula is C13H22O2. The Balaban J connectivity index is 4.62. The minimum Gasteiger partial charge on any atom is -0.461 e. The lowest BCUT2D eigenvalue weighted by atomic mass is 9.79. The first kappa shape index (κ1) is 13.9. The molecule has 2 nitrogen and oxygen atoms in total. The van der Waals surface area contributed by atoms with Crippen LogP contribution >= 0.6 is 0 Å². The summed E-state index contributed by atoms with van der Waals surface area (Å²) in [6.07, 6.45) is 6.85. The highest BCUT2D eigenvalue weighted by atomic mass is 16.5. The molecule has 0 unspecified atom stereocenters. The molecule has 0 saturated heterocycles. The van der Waals surface area contributed by atoms with Crippen molar-refractivity contribution < 1.29 is 9.53 Å². The van der Waals surface area contributed by atoms with E-state index in [0.29, 0.717) is 0 Å². The van der Waals surface area contributed by atoms with Gasteiger partial charge in [0.1, 0.15) is 6.61 Å². The lowest BCUT2D eigenvalue weighted by Gasteiger charge is -2.27. The number of esters is 1. The van der Waals surface area contributed by atoms with E-state index in [1.54, 1.807) is 12.2 Å². The molecule has 0 amide bonds. The van der Waals surface area contributed by atoms with Gasteiger partial charge in [-0.1, -0.05) is 45.4 Å². The third-order valence-corrected chi connectivity index (χ3v) is 2.52. The van der Waals surface area contributed by atoms with E-state index in [-0.39, 0.29) is 12.6 Å². The number of carbonyl (C=O) groups is 1. The normalized spacial score (nSPS) is 10.8. The summed E-state index contributed by atoms with van der Waals surface area (Å²) in [5.41, 5.74) is -0.494. The molecule has 0 fully saturated rings. The first-order chi connectivity index (χ1) is 7.16. The Kier molecular flexibility index (Phi) is 6.76. The van der Waals surface area contributed by atoms with Gasteiger partial charge in [-0.15, -0.1) is 6.58 Å². The van der Waals surface area contributed by atoms with Gasteiger partial charge in [-0.05, 0) is 12.8 Å². The molecule has 0 rings (SSSR count). The van der Waals surface area contributed by atoms with Crippen LogP contribution in [0.2, 0.25) is 0 Å². The maximum Gasteiger partial charge on any atom is 0.316 e. The third-order valence-electron chi connectivity index (χ3n) is 2.52. The largest absolute Gasteiger partial charge is 0.461 e. The van der Waals surface area contributed by atoms with Crippen molar-refractivity contribution in [3.63, 3.8) is 0 Å². The van der Waals surface area contributed by atoms with Gasteiger partial charge in [0.05, 0.1) is 5.41 Å². The Morgan fingerprint density at radius 2 is 1.80 bits per heavy atom. The van der Waals surface area contributed by atoms with Crippen molar-refractivity contribution >= 4 is 5.97 Å². The van der Waals surface area contributed by atoms with Crippen LogP contribution in [0.25, 0.3) is 0 Å². The van der Waals surface area contributed by atoms with Crippen LogP contribution in [0.3, 0.4) is 0 Å². The van der Waals surface area contributed by atoms with E-state index >= 15 is 0 Å². The molecule has 0 atom stereocenters. The van der Waals surface area contributed by atoms with E-state index in [4.69, 9.17) is 4.74 Å². The quantitative estimate of drug-likeness (QED) is 0.453. The monoisotopic (exact) mass is 210 g/mol. The molecule has 0 aliphatic rings. The smallest absolute Gasteiger partial charge is 0.316 e. The van der Waals surface area contributed by atoms with Gasteiger partial charge in [0.25, 0.3) is 0 Å². The Hall–Kier alpha value is -1.05. The van der Waals surface area contributed by atoms with Crippen molar-refractivity contribution in [2.75, 3.05) is 6.61 Å². The fourth-order valence-electron chi connectivity index (χ4n) is 1.79. The maximum absolute atomic E-state index is 11.9. The topological polar surface area (TPSA) is 26.3 Å². The van der Waals surface area contributed by atoms with E-state index in [2.05, 4.69) is 27.0 Å². The Morgan fingerprint density at radius 3 is 2.13 bits per heavy atom. The lowest BCUT2D eigenvalue weighted by Crippen LogP contribution is -2.31. The number of hydrogen-bond donors (Lipinski definition) is 0. The van der Waals surface area contributed by atoms with Crippen molar-refractivity contribution in [1.29, 1.82) is 0 Å². The molecule has 0 aliphatic carbocycles. The van der Waals surface area contributed by atoms with E-state index in [1.807, 2.05) is 0 Å². The second kappa shape index (κ2) is 7.27. The van der Waals surface area contributed by atoms with Gasteiger partial charge in [-0.25, -0.2) is 0 Å². The highest BCUT2D eigenvalue weighted by Gasteiger charge is 2.34. The van der Waals surface area contributed by atoms with Crippen molar-refractivity contribution in [1.82, 2.24) is 0 Å². The standard InChI is InChI=1S/C13H22O2/c1-5-9-13(8-4,10-6-2)12(14)15-11-7-3/h7-8H,3-6,9-11H2,1-2H3. The lowest BCUT2D eigenvalue weighted by molar-refractivity contribution is -0.152. The van der Waals surface area contributed by atoms with E-state index in [0.717, 1.165) is 25.7 Å². The third kappa shape index (κ3) is 3.90. The molecule has 0 N–H and O–H groups in total. The SMILES string of the molecule is C=CCOC(=O)C(C=C)(CCC)CCC. The Morgan fingerprint density at radius 1 is 1.27 bits per heavy atom. The average Bonchev–Trinajstić information content (AvgIpc) is 2.25. The maximum atomic E-state index is 11.9.